The summed E-state index contributed by atoms with van der Waals surface area (Å²) in [5.41, 5.74) is 7.23. The Morgan fingerprint density at radius 3 is 2.76 bits per heavy atom. The molecule has 1 aromatic heterocycles. The summed E-state index contributed by atoms with van der Waals surface area (Å²) in [6.45, 7) is 2.15. The molecular weight excluding hydrogens is 307 g/mol. The Balaban J connectivity index is 1.95. The van der Waals surface area contributed by atoms with Crippen LogP contribution in [0.25, 0.3) is 11.3 Å². The van der Waals surface area contributed by atoms with E-state index in [-0.39, 0.29) is 5.95 Å². The zero-order chi connectivity index (χ0) is 15.0. The lowest BCUT2D eigenvalue weighted by Gasteiger charge is -2.15. The third-order valence-corrected chi connectivity index (χ3v) is 4.49. The Kier molecular flexibility index (Phi) is 3.91. The van der Waals surface area contributed by atoms with Crippen LogP contribution in [-0.4, -0.2) is 16.0 Å². The zero-order valence-electron chi connectivity index (χ0n) is 11.6. The van der Waals surface area contributed by atoms with Crippen molar-refractivity contribution in [1.82, 2.24) is 9.97 Å². The van der Waals surface area contributed by atoms with Gasteiger partial charge in [-0.25, -0.2) is 4.98 Å². The lowest BCUT2D eigenvalue weighted by atomic mass is 10.1. The van der Waals surface area contributed by atoms with Gasteiger partial charge >= 0.3 is 0 Å². The molecule has 0 spiro atoms. The molecule has 3 rings (SSSR count). The van der Waals surface area contributed by atoms with Crippen LogP contribution in [-0.2, 0) is 0 Å². The van der Waals surface area contributed by atoms with Gasteiger partial charge in [0, 0.05) is 17.7 Å². The van der Waals surface area contributed by atoms with Crippen molar-refractivity contribution in [3.05, 3.63) is 34.3 Å². The number of aromatic nitrogens is 2. The average Bonchev–Trinajstić information content (AvgIpc) is 3.25. The first-order chi connectivity index (χ1) is 10.0. The highest BCUT2D eigenvalue weighted by molar-refractivity contribution is 6.43. The van der Waals surface area contributed by atoms with Crippen LogP contribution in [0.5, 0.6) is 0 Å². The maximum Gasteiger partial charge on any atom is 0.222 e. The number of hydrogen-bond acceptors (Lipinski definition) is 4. The van der Waals surface area contributed by atoms with Gasteiger partial charge in [0.2, 0.25) is 5.95 Å². The molecule has 1 aliphatic carbocycles. The molecule has 1 aliphatic rings. The number of benzene rings is 1. The molecule has 1 saturated carbocycles. The first-order valence-corrected chi connectivity index (χ1v) is 7.65. The smallest absolute Gasteiger partial charge is 0.222 e. The molecule has 0 radical (unpaired) electrons. The number of nitrogens with zero attached hydrogens (tertiary/aromatic N) is 2. The van der Waals surface area contributed by atoms with Crippen LogP contribution in [0.1, 0.15) is 19.8 Å². The first kappa shape index (κ1) is 14.4. The molecule has 110 valence electrons. The van der Waals surface area contributed by atoms with Gasteiger partial charge in [0.15, 0.2) is 0 Å². The number of nitrogens with one attached hydrogen (secondary N) is 1. The molecule has 1 aromatic carbocycles. The molecule has 0 aliphatic heterocycles. The molecule has 6 heteroatoms. The van der Waals surface area contributed by atoms with Crippen molar-refractivity contribution in [3.63, 3.8) is 0 Å². The summed E-state index contributed by atoms with van der Waals surface area (Å²) in [4.78, 5) is 8.50. The van der Waals surface area contributed by atoms with Crippen molar-refractivity contribution in [3.8, 4) is 11.3 Å². The van der Waals surface area contributed by atoms with Gasteiger partial charge in [-0.05, 0) is 31.7 Å². The van der Waals surface area contributed by atoms with E-state index >= 15 is 0 Å². The van der Waals surface area contributed by atoms with Crippen molar-refractivity contribution >= 4 is 35.0 Å². The van der Waals surface area contributed by atoms with Crippen molar-refractivity contribution in [2.75, 3.05) is 11.1 Å². The molecule has 1 fully saturated rings. The van der Waals surface area contributed by atoms with E-state index in [0.29, 0.717) is 27.6 Å². The number of halogens is 2. The molecular formula is C15H16Cl2N4. The minimum Gasteiger partial charge on any atom is -0.368 e. The van der Waals surface area contributed by atoms with E-state index in [4.69, 9.17) is 28.9 Å². The van der Waals surface area contributed by atoms with Crippen molar-refractivity contribution in [1.29, 1.82) is 0 Å². The molecule has 0 amide bonds. The fourth-order valence-electron chi connectivity index (χ4n) is 2.33. The van der Waals surface area contributed by atoms with Crippen LogP contribution < -0.4 is 11.1 Å². The minimum absolute atomic E-state index is 0.217. The highest BCUT2D eigenvalue weighted by Gasteiger charge is 2.28. The van der Waals surface area contributed by atoms with E-state index in [1.54, 1.807) is 6.07 Å². The third kappa shape index (κ3) is 3.22. The fraction of sp³-hybridized carbons (Fsp3) is 0.333. The largest absolute Gasteiger partial charge is 0.368 e. The fourth-order valence-corrected chi connectivity index (χ4v) is 2.72. The Labute approximate surface area is 133 Å². The summed E-state index contributed by atoms with van der Waals surface area (Å²) >= 11 is 12.3. The van der Waals surface area contributed by atoms with Crippen LogP contribution in [0.15, 0.2) is 24.3 Å². The Bertz CT molecular complexity index is 671. The van der Waals surface area contributed by atoms with E-state index in [2.05, 4.69) is 22.2 Å². The second kappa shape index (κ2) is 5.70. The van der Waals surface area contributed by atoms with E-state index in [0.717, 1.165) is 11.5 Å². The molecule has 1 atom stereocenters. The van der Waals surface area contributed by atoms with Gasteiger partial charge in [0.1, 0.15) is 5.82 Å². The van der Waals surface area contributed by atoms with Gasteiger partial charge in [-0.1, -0.05) is 35.3 Å². The van der Waals surface area contributed by atoms with Crippen molar-refractivity contribution in [2.45, 2.75) is 25.8 Å². The van der Waals surface area contributed by atoms with Gasteiger partial charge in [-0.15, -0.1) is 0 Å². The van der Waals surface area contributed by atoms with Crippen LogP contribution in [0.3, 0.4) is 0 Å². The van der Waals surface area contributed by atoms with Gasteiger partial charge in [-0.3, -0.25) is 0 Å². The summed E-state index contributed by atoms with van der Waals surface area (Å²) in [5.74, 6) is 1.65. The maximum atomic E-state index is 6.25. The SMILES string of the molecule is CC(Nc1cc(-c2cccc(Cl)c2Cl)nc(N)n1)C1CC1. The van der Waals surface area contributed by atoms with Gasteiger partial charge in [-0.2, -0.15) is 4.98 Å². The number of anilines is 2. The van der Waals surface area contributed by atoms with E-state index in [1.807, 2.05) is 18.2 Å². The van der Waals surface area contributed by atoms with Crippen LogP contribution in [0, 0.1) is 5.92 Å². The molecule has 0 saturated heterocycles. The van der Waals surface area contributed by atoms with Gasteiger partial charge < -0.3 is 11.1 Å². The summed E-state index contributed by atoms with van der Waals surface area (Å²) in [7, 11) is 0. The summed E-state index contributed by atoms with van der Waals surface area (Å²) in [6.07, 6.45) is 2.53. The average molecular weight is 323 g/mol. The second-order valence-electron chi connectivity index (χ2n) is 5.37. The molecule has 1 unspecified atom stereocenters. The second-order valence-corrected chi connectivity index (χ2v) is 6.15. The summed E-state index contributed by atoms with van der Waals surface area (Å²) in [6, 6.07) is 7.67. The van der Waals surface area contributed by atoms with Gasteiger partial charge in [0.25, 0.3) is 0 Å². The number of nitrogen functional groups attached to an aromatic ring is 1. The Hall–Kier alpha value is -1.52. The van der Waals surface area contributed by atoms with Crippen LogP contribution in [0.4, 0.5) is 11.8 Å². The van der Waals surface area contributed by atoms with E-state index in [9.17, 15) is 0 Å². The van der Waals surface area contributed by atoms with Crippen LogP contribution >= 0.6 is 23.2 Å². The Morgan fingerprint density at radius 1 is 1.29 bits per heavy atom. The number of rotatable bonds is 4. The number of nitrogens with two attached hydrogens (primary N) is 1. The lowest BCUT2D eigenvalue weighted by Crippen LogP contribution is -2.18. The van der Waals surface area contributed by atoms with Crippen molar-refractivity contribution < 1.29 is 0 Å². The lowest BCUT2D eigenvalue weighted by molar-refractivity contribution is 0.690. The Morgan fingerprint density at radius 2 is 2.05 bits per heavy atom. The van der Waals surface area contributed by atoms with E-state index in [1.165, 1.54) is 12.8 Å². The molecule has 2 aromatic rings. The highest BCUT2D eigenvalue weighted by atomic mass is 35.5. The minimum atomic E-state index is 0.217. The predicted molar refractivity (Wildman–Crippen MR) is 87.7 cm³/mol. The van der Waals surface area contributed by atoms with Crippen molar-refractivity contribution in [2.24, 2.45) is 5.92 Å². The summed E-state index contributed by atoms with van der Waals surface area (Å²) in [5, 5.41) is 4.35. The molecule has 21 heavy (non-hydrogen) atoms. The number of hydrogen-bond donors (Lipinski definition) is 2. The van der Waals surface area contributed by atoms with E-state index < -0.39 is 0 Å². The molecule has 4 nitrogen and oxygen atoms in total. The zero-order valence-corrected chi connectivity index (χ0v) is 13.1. The normalized spacial score (nSPS) is 15.8. The molecule has 1 heterocycles. The topological polar surface area (TPSA) is 63.8 Å². The first-order valence-electron chi connectivity index (χ1n) is 6.90. The monoisotopic (exact) mass is 322 g/mol. The van der Waals surface area contributed by atoms with Gasteiger partial charge in [0.05, 0.1) is 15.7 Å². The molecule has 3 N–H and O–H groups in total. The standard InChI is InChI=1S/C15H16Cl2N4/c1-8(9-5-6-9)19-13-7-12(20-15(18)21-13)10-3-2-4-11(16)14(10)17/h2-4,7-9H,5-6H2,1H3,(H3,18,19,20,21). The highest BCUT2D eigenvalue weighted by Crippen LogP contribution is 2.35. The predicted octanol–water partition coefficient (Wildman–Crippen LogP) is 4.24. The third-order valence-electron chi connectivity index (χ3n) is 3.68. The quantitative estimate of drug-likeness (QED) is 0.883. The maximum absolute atomic E-state index is 6.25. The van der Waals surface area contributed by atoms with Crippen LogP contribution in [0.2, 0.25) is 10.0 Å². The molecule has 0 bridgehead atoms. The summed E-state index contributed by atoms with van der Waals surface area (Å²) < 4.78 is 0.